The molecule has 4 heteroatoms. The quantitative estimate of drug-likeness (QED) is 0.703. The Morgan fingerprint density at radius 2 is 2.16 bits per heavy atom. The molecule has 1 aromatic carbocycles. The molecule has 0 spiro atoms. The Hall–Kier alpha value is -1.55. The molecule has 0 saturated heterocycles. The Kier molecular flexibility index (Phi) is 6.97. The number of rotatable bonds is 8. The van der Waals surface area contributed by atoms with Crippen LogP contribution in [0.4, 0.5) is 0 Å². The van der Waals surface area contributed by atoms with Crippen LogP contribution in [0, 0.1) is 5.92 Å². The second kappa shape index (κ2) is 8.53. The molecule has 1 aromatic rings. The van der Waals surface area contributed by atoms with E-state index < -0.39 is 0 Å². The number of ether oxygens (including phenoxy) is 1. The number of methoxy groups -OCH3 is 1. The van der Waals surface area contributed by atoms with Gasteiger partial charge in [0, 0.05) is 13.0 Å². The van der Waals surface area contributed by atoms with Crippen molar-refractivity contribution >= 4 is 5.91 Å². The lowest BCUT2D eigenvalue weighted by Crippen LogP contribution is -2.27. The van der Waals surface area contributed by atoms with E-state index in [4.69, 9.17) is 10.5 Å². The lowest BCUT2D eigenvalue weighted by molar-refractivity contribution is -0.121. The predicted molar refractivity (Wildman–Crippen MR) is 77.2 cm³/mol. The van der Waals surface area contributed by atoms with Crippen LogP contribution in [0.25, 0.3) is 0 Å². The van der Waals surface area contributed by atoms with Gasteiger partial charge in [-0.05, 0) is 36.9 Å². The highest BCUT2D eigenvalue weighted by Crippen LogP contribution is 2.21. The van der Waals surface area contributed by atoms with Gasteiger partial charge in [0.1, 0.15) is 5.75 Å². The number of nitrogens with one attached hydrogen (secondary N) is 1. The first kappa shape index (κ1) is 15.5. The maximum atomic E-state index is 11.7. The van der Waals surface area contributed by atoms with E-state index in [0.717, 1.165) is 24.2 Å². The SMILES string of the molecule is COc1ccccc1CC(C)CC(=O)NCCCN. The van der Waals surface area contributed by atoms with E-state index in [9.17, 15) is 4.79 Å². The molecule has 0 radical (unpaired) electrons. The third kappa shape index (κ3) is 5.75. The Labute approximate surface area is 115 Å². The second-order valence-electron chi connectivity index (χ2n) is 4.82. The van der Waals surface area contributed by atoms with Crippen LogP contribution >= 0.6 is 0 Å². The molecule has 1 rings (SSSR count). The Bertz CT molecular complexity index is 393. The molecule has 3 N–H and O–H groups in total. The Balaban J connectivity index is 2.42. The molecule has 0 aromatic heterocycles. The van der Waals surface area contributed by atoms with E-state index in [1.54, 1.807) is 7.11 Å². The summed E-state index contributed by atoms with van der Waals surface area (Å²) in [4.78, 5) is 11.7. The van der Waals surface area contributed by atoms with E-state index in [2.05, 4.69) is 12.2 Å². The van der Waals surface area contributed by atoms with Gasteiger partial charge in [-0.3, -0.25) is 4.79 Å². The topological polar surface area (TPSA) is 64.3 Å². The minimum absolute atomic E-state index is 0.0934. The summed E-state index contributed by atoms with van der Waals surface area (Å²) < 4.78 is 5.32. The van der Waals surface area contributed by atoms with Crippen molar-refractivity contribution in [3.05, 3.63) is 29.8 Å². The minimum Gasteiger partial charge on any atom is -0.496 e. The predicted octanol–water partition coefficient (Wildman–Crippen LogP) is 1.73. The summed E-state index contributed by atoms with van der Waals surface area (Å²) in [6.45, 7) is 3.35. The summed E-state index contributed by atoms with van der Waals surface area (Å²) in [5.41, 5.74) is 6.53. The maximum Gasteiger partial charge on any atom is 0.220 e. The van der Waals surface area contributed by atoms with Crippen molar-refractivity contribution in [2.75, 3.05) is 20.2 Å². The van der Waals surface area contributed by atoms with Gasteiger partial charge in [0.25, 0.3) is 0 Å². The van der Waals surface area contributed by atoms with Crippen LogP contribution in [0.1, 0.15) is 25.3 Å². The molecule has 19 heavy (non-hydrogen) atoms. The van der Waals surface area contributed by atoms with Crippen molar-refractivity contribution in [2.24, 2.45) is 11.7 Å². The van der Waals surface area contributed by atoms with Crippen LogP contribution in [0.2, 0.25) is 0 Å². The number of hydrogen-bond acceptors (Lipinski definition) is 3. The second-order valence-corrected chi connectivity index (χ2v) is 4.82. The summed E-state index contributed by atoms with van der Waals surface area (Å²) in [5.74, 6) is 1.27. The molecular weight excluding hydrogens is 240 g/mol. The van der Waals surface area contributed by atoms with E-state index in [0.29, 0.717) is 19.5 Å². The summed E-state index contributed by atoms with van der Waals surface area (Å²) in [6.07, 6.45) is 2.20. The molecule has 0 heterocycles. The molecule has 4 nitrogen and oxygen atoms in total. The van der Waals surface area contributed by atoms with Crippen LogP contribution in [0.3, 0.4) is 0 Å². The zero-order chi connectivity index (χ0) is 14.1. The molecule has 1 atom stereocenters. The zero-order valence-electron chi connectivity index (χ0n) is 11.8. The first-order valence-electron chi connectivity index (χ1n) is 6.76. The smallest absolute Gasteiger partial charge is 0.220 e. The van der Waals surface area contributed by atoms with Crippen molar-refractivity contribution < 1.29 is 9.53 Å². The number of amides is 1. The van der Waals surface area contributed by atoms with Crippen molar-refractivity contribution in [1.82, 2.24) is 5.32 Å². The molecule has 0 fully saturated rings. The molecule has 0 saturated carbocycles. The summed E-state index contributed by atoms with van der Waals surface area (Å²) in [5, 5.41) is 2.88. The van der Waals surface area contributed by atoms with Gasteiger partial charge in [-0.2, -0.15) is 0 Å². The monoisotopic (exact) mass is 264 g/mol. The summed E-state index contributed by atoms with van der Waals surface area (Å²) >= 11 is 0. The van der Waals surface area contributed by atoms with Crippen molar-refractivity contribution in [2.45, 2.75) is 26.2 Å². The standard InChI is InChI=1S/C15H24N2O2/c1-12(11-15(18)17-9-5-8-16)10-13-6-3-4-7-14(13)19-2/h3-4,6-7,12H,5,8-11,16H2,1-2H3,(H,17,18). The third-order valence-corrected chi connectivity index (χ3v) is 3.00. The van der Waals surface area contributed by atoms with Gasteiger partial charge in [0.2, 0.25) is 5.91 Å². The average molecular weight is 264 g/mol. The molecule has 0 aliphatic carbocycles. The first-order valence-corrected chi connectivity index (χ1v) is 6.76. The summed E-state index contributed by atoms with van der Waals surface area (Å²) in [7, 11) is 1.67. The number of hydrogen-bond donors (Lipinski definition) is 2. The van der Waals surface area contributed by atoms with Crippen molar-refractivity contribution in [3.63, 3.8) is 0 Å². The Morgan fingerprint density at radius 1 is 1.42 bits per heavy atom. The van der Waals surface area contributed by atoms with Gasteiger partial charge < -0.3 is 15.8 Å². The third-order valence-electron chi connectivity index (χ3n) is 3.00. The van der Waals surface area contributed by atoms with E-state index in [-0.39, 0.29) is 11.8 Å². The van der Waals surface area contributed by atoms with Gasteiger partial charge in [-0.25, -0.2) is 0 Å². The molecule has 0 aliphatic rings. The number of benzene rings is 1. The van der Waals surface area contributed by atoms with Crippen molar-refractivity contribution in [3.8, 4) is 5.75 Å². The van der Waals surface area contributed by atoms with Crippen molar-refractivity contribution in [1.29, 1.82) is 0 Å². The highest BCUT2D eigenvalue weighted by atomic mass is 16.5. The van der Waals surface area contributed by atoms with Crippen LogP contribution in [0.15, 0.2) is 24.3 Å². The number of para-hydroxylation sites is 1. The highest BCUT2D eigenvalue weighted by Gasteiger charge is 2.11. The summed E-state index contributed by atoms with van der Waals surface area (Å²) in [6, 6.07) is 7.93. The molecule has 0 bridgehead atoms. The molecule has 1 unspecified atom stereocenters. The lowest BCUT2D eigenvalue weighted by Gasteiger charge is -2.14. The van der Waals surface area contributed by atoms with Crippen LogP contribution in [0.5, 0.6) is 5.75 Å². The fourth-order valence-electron chi connectivity index (χ4n) is 2.04. The highest BCUT2D eigenvalue weighted by molar-refractivity contribution is 5.76. The largest absolute Gasteiger partial charge is 0.496 e. The molecule has 106 valence electrons. The molecular formula is C15H24N2O2. The van der Waals surface area contributed by atoms with E-state index in [1.807, 2.05) is 24.3 Å². The fraction of sp³-hybridized carbons (Fsp3) is 0.533. The van der Waals surface area contributed by atoms with Gasteiger partial charge in [0.15, 0.2) is 0 Å². The number of carbonyl (C=O) groups is 1. The first-order chi connectivity index (χ1) is 9.17. The Morgan fingerprint density at radius 3 is 2.84 bits per heavy atom. The van der Waals surface area contributed by atoms with Crippen LogP contribution in [-0.4, -0.2) is 26.1 Å². The number of carbonyl (C=O) groups excluding carboxylic acids is 1. The van der Waals surface area contributed by atoms with Gasteiger partial charge in [-0.15, -0.1) is 0 Å². The minimum atomic E-state index is 0.0934. The normalized spacial score (nSPS) is 11.9. The average Bonchev–Trinajstić information content (AvgIpc) is 2.39. The van der Waals surface area contributed by atoms with E-state index in [1.165, 1.54) is 0 Å². The van der Waals surface area contributed by atoms with Crippen LogP contribution < -0.4 is 15.8 Å². The number of nitrogens with two attached hydrogens (primary N) is 1. The lowest BCUT2D eigenvalue weighted by atomic mass is 9.97. The van der Waals surface area contributed by atoms with Gasteiger partial charge in [-0.1, -0.05) is 25.1 Å². The molecule has 0 aliphatic heterocycles. The van der Waals surface area contributed by atoms with Crippen LogP contribution in [-0.2, 0) is 11.2 Å². The molecule has 1 amide bonds. The zero-order valence-corrected chi connectivity index (χ0v) is 11.8. The fourth-order valence-corrected chi connectivity index (χ4v) is 2.04. The maximum absolute atomic E-state index is 11.7. The van der Waals surface area contributed by atoms with E-state index >= 15 is 0 Å². The van der Waals surface area contributed by atoms with Gasteiger partial charge >= 0.3 is 0 Å². The van der Waals surface area contributed by atoms with Gasteiger partial charge in [0.05, 0.1) is 7.11 Å².